The van der Waals surface area contributed by atoms with Crippen LogP contribution in [0, 0.1) is 0 Å². The number of anilines is 1. The molecular formula is C20H22Cl2N2O3S. The summed E-state index contributed by atoms with van der Waals surface area (Å²) in [6.45, 7) is 6.15. The molecule has 2 rings (SSSR count). The summed E-state index contributed by atoms with van der Waals surface area (Å²) in [5.41, 5.74) is 0.523. The first-order chi connectivity index (χ1) is 13.3. The van der Waals surface area contributed by atoms with E-state index in [0.29, 0.717) is 12.2 Å². The van der Waals surface area contributed by atoms with Crippen molar-refractivity contribution >= 4 is 44.8 Å². The van der Waals surface area contributed by atoms with Crippen molar-refractivity contribution in [3.05, 3.63) is 70.7 Å². The highest BCUT2D eigenvalue weighted by Gasteiger charge is 2.28. The van der Waals surface area contributed by atoms with Crippen molar-refractivity contribution < 1.29 is 13.2 Å². The van der Waals surface area contributed by atoms with Gasteiger partial charge in [0.05, 0.1) is 22.3 Å². The fourth-order valence-electron chi connectivity index (χ4n) is 2.54. The highest BCUT2D eigenvalue weighted by molar-refractivity contribution is 7.93. The van der Waals surface area contributed by atoms with Gasteiger partial charge in [-0.1, -0.05) is 54.8 Å². The molecule has 0 saturated carbocycles. The molecule has 5 nitrogen and oxygen atoms in total. The molecular weight excluding hydrogens is 419 g/mol. The summed E-state index contributed by atoms with van der Waals surface area (Å²) in [5, 5.41) is 3.06. The molecule has 2 aromatic rings. The Bertz CT molecular complexity index is 962. The number of hydrogen-bond donors (Lipinski definition) is 1. The van der Waals surface area contributed by atoms with Gasteiger partial charge in [0.2, 0.25) is 0 Å². The molecule has 0 saturated heterocycles. The van der Waals surface area contributed by atoms with Crippen LogP contribution in [0.3, 0.4) is 0 Å². The quantitative estimate of drug-likeness (QED) is 0.445. The lowest BCUT2D eigenvalue weighted by atomic mass is 10.2. The number of nitrogens with one attached hydrogen (secondary N) is 1. The van der Waals surface area contributed by atoms with Crippen molar-refractivity contribution in [2.45, 2.75) is 24.7 Å². The summed E-state index contributed by atoms with van der Waals surface area (Å²) >= 11 is 12.4. The highest BCUT2D eigenvalue weighted by Crippen LogP contribution is 2.33. The van der Waals surface area contributed by atoms with Gasteiger partial charge in [0.25, 0.3) is 15.9 Å². The van der Waals surface area contributed by atoms with Crippen LogP contribution >= 0.6 is 23.2 Å². The third-order valence-corrected chi connectivity index (χ3v) is 6.57. The summed E-state index contributed by atoms with van der Waals surface area (Å²) in [6, 6.07) is 10.8. The van der Waals surface area contributed by atoms with Gasteiger partial charge in [-0.3, -0.25) is 9.10 Å². The van der Waals surface area contributed by atoms with Crippen molar-refractivity contribution in [3.63, 3.8) is 0 Å². The van der Waals surface area contributed by atoms with Crippen LogP contribution in [-0.2, 0) is 10.0 Å². The first-order valence-electron chi connectivity index (χ1n) is 8.78. The van der Waals surface area contributed by atoms with E-state index >= 15 is 0 Å². The molecule has 8 heteroatoms. The molecule has 150 valence electrons. The van der Waals surface area contributed by atoms with Gasteiger partial charge in [-0.2, -0.15) is 0 Å². The molecule has 0 radical (unpaired) electrons. The molecule has 2 aromatic carbocycles. The number of benzene rings is 2. The van der Waals surface area contributed by atoms with Crippen LogP contribution < -0.4 is 9.62 Å². The zero-order valence-corrected chi connectivity index (χ0v) is 17.8. The van der Waals surface area contributed by atoms with Crippen LogP contribution in [0.1, 0.15) is 30.1 Å². The number of amides is 1. The maximum atomic E-state index is 13.3. The molecule has 0 unspecified atom stereocenters. The van der Waals surface area contributed by atoms with Crippen molar-refractivity contribution in [1.82, 2.24) is 5.32 Å². The van der Waals surface area contributed by atoms with Gasteiger partial charge in [0, 0.05) is 12.1 Å². The van der Waals surface area contributed by atoms with Crippen molar-refractivity contribution in [2.24, 2.45) is 0 Å². The van der Waals surface area contributed by atoms with E-state index in [1.807, 2.05) is 6.92 Å². The number of para-hydroxylation sites is 1. The van der Waals surface area contributed by atoms with Crippen LogP contribution in [-0.4, -0.2) is 27.4 Å². The first kappa shape index (κ1) is 22.3. The molecule has 0 aromatic heterocycles. The maximum absolute atomic E-state index is 13.3. The number of nitrogens with zero attached hydrogens (tertiary/aromatic N) is 1. The fraction of sp³-hybridized carbons (Fsp3) is 0.250. The third kappa shape index (κ3) is 5.07. The zero-order valence-electron chi connectivity index (χ0n) is 15.5. The summed E-state index contributed by atoms with van der Waals surface area (Å²) in [5.74, 6) is -0.352. The lowest BCUT2D eigenvalue weighted by Crippen LogP contribution is -2.32. The number of rotatable bonds is 9. The van der Waals surface area contributed by atoms with E-state index < -0.39 is 10.0 Å². The molecule has 28 heavy (non-hydrogen) atoms. The van der Waals surface area contributed by atoms with E-state index in [2.05, 4.69) is 11.9 Å². The summed E-state index contributed by atoms with van der Waals surface area (Å²) < 4.78 is 27.8. The Morgan fingerprint density at radius 3 is 2.54 bits per heavy atom. The number of halogens is 2. The Morgan fingerprint density at radius 2 is 1.89 bits per heavy atom. The second kappa shape index (κ2) is 9.96. The zero-order chi connectivity index (χ0) is 20.7. The Balaban J connectivity index is 2.48. The van der Waals surface area contributed by atoms with Gasteiger partial charge in [-0.15, -0.1) is 6.58 Å². The van der Waals surface area contributed by atoms with Gasteiger partial charge in [-0.05, 0) is 36.8 Å². The van der Waals surface area contributed by atoms with Crippen molar-refractivity contribution in [2.75, 3.05) is 17.4 Å². The SMILES string of the molecule is C=CCN(c1ccccc1Cl)S(=O)(=O)c1cc(C(=O)NCCCC)ccc1Cl. The van der Waals surface area contributed by atoms with Gasteiger partial charge >= 0.3 is 0 Å². The molecule has 1 amide bonds. The molecule has 0 heterocycles. The van der Waals surface area contributed by atoms with Gasteiger partial charge < -0.3 is 5.32 Å². The molecule has 0 aliphatic carbocycles. The van der Waals surface area contributed by atoms with Crippen LogP contribution in [0.15, 0.2) is 60.0 Å². The Kier molecular flexibility index (Phi) is 7.92. The largest absolute Gasteiger partial charge is 0.352 e. The van der Waals surface area contributed by atoms with E-state index in [-0.39, 0.29) is 33.0 Å². The van der Waals surface area contributed by atoms with E-state index in [1.165, 1.54) is 24.3 Å². The van der Waals surface area contributed by atoms with Gasteiger partial charge in [0.15, 0.2) is 0 Å². The molecule has 0 fully saturated rings. The van der Waals surface area contributed by atoms with E-state index in [1.54, 1.807) is 24.3 Å². The normalized spacial score (nSPS) is 11.1. The minimum Gasteiger partial charge on any atom is -0.352 e. The fourth-order valence-corrected chi connectivity index (χ4v) is 4.78. The summed E-state index contributed by atoms with van der Waals surface area (Å²) in [6.07, 6.45) is 3.23. The monoisotopic (exact) mass is 440 g/mol. The highest BCUT2D eigenvalue weighted by atomic mass is 35.5. The molecule has 0 spiro atoms. The predicted molar refractivity (Wildman–Crippen MR) is 115 cm³/mol. The molecule has 0 bridgehead atoms. The second-order valence-electron chi connectivity index (χ2n) is 6.03. The van der Waals surface area contributed by atoms with Crippen molar-refractivity contribution in [1.29, 1.82) is 0 Å². The van der Waals surface area contributed by atoms with Crippen LogP contribution in [0.2, 0.25) is 10.0 Å². The lowest BCUT2D eigenvalue weighted by molar-refractivity contribution is 0.0953. The third-order valence-electron chi connectivity index (χ3n) is 3.99. The van der Waals surface area contributed by atoms with Crippen LogP contribution in [0.4, 0.5) is 5.69 Å². The van der Waals surface area contributed by atoms with Gasteiger partial charge in [0.1, 0.15) is 4.90 Å². The first-order valence-corrected chi connectivity index (χ1v) is 11.0. The minimum atomic E-state index is -4.08. The number of hydrogen-bond acceptors (Lipinski definition) is 3. The average Bonchev–Trinajstić information content (AvgIpc) is 2.67. The number of carbonyl (C=O) groups is 1. The number of carbonyl (C=O) groups excluding carboxylic acids is 1. The number of unbranched alkanes of at least 4 members (excludes halogenated alkanes) is 1. The summed E-state index contributed by atoms with van der Waals surface area (Å²) in [7, 11) is -4.08. The summed E-state index contributed by atoms with van der Waals surface area (Å²) in [4.78, 5) is 12.2. The Hall–Kier alpha value is -2.02. The minimum absolute atomic E-state index is 0.00464. The van der Waals surface area contributed by atoms with E-state index in [0.717, 1.165) is 17.1 Å². The molecule has 0 aliphatic heterocycles. The maximum Gasteiger partial charge on any atom is 0.266 e. The molecule has 0 atom stereocenters. The Morgan fingerprint density at radius 1 is 1.18 bits per heavy atom. The topological polar surface area (TPSA) is 66.5 Å². The molecule has 0 aliphatic rings. The predicted octanol–water partition coefficient (Wildman–Crippen LogP) is 4.90. The lowest BCUT2D eigenvalue weighted by Gasteiger charge is -2.24. The second-order valence-corrected chi connectivity index (χ2v) is 8.68. The standard InChI is InChI=1S/C20H22Cl2N2O3S/c1-3-5-12-23-20(25)15-10-11-17(22)19(14-15)28(26,27)24(13-4-2)18-9-7-6-8-16(18)21/h4,6-11,14H,2-3,5,12-13H2,1H3,(H,23,25). The van der Waals surface area contributed by atoms with Gasteiger partial charge in [-0.25, -0.2) is 8.42 Å². The van der Waals surface area contributed by atoms with E-state index in [4.69, 9.17) is 23.2 Å². The number of sulfonamides is 1. The smallest absolute Gasteiger partial charge is 0.266 e. The van der Waals surface area contributed by atoms with Crippen LogP contribution in [0.5, 0.6) is 0 Å². The van der Waals surface area contributed by atoms with Crippen LogP contribution in [0.25, 0.3) is 0 Å². The average molecular weight is 441 g/mol. The van der Waals surface area contributed by atoms with Crippen molar-refractivity contribution in [3.8, 4) is 0 Å². The van der Waals surface area contributed by atoms with E-state index in [9.17, 15) is 13.2 Å². The Labute approximate surface area is 176 Å². The molecule has 1 N–H and O–H groups in total.